The fourth-order valence-electron chi connectivity index (χ4n) is 4.61. The number of carbonyl (C=O) groups is 2. The van der Waals surface area contributed by atoms with Crippen LogP contribution in [0.4, 0.5) is 5.69 Å². The van der Waals surface area contributed by atoms with Crippen LogP contribution in [0, 0.1) is 5.92 Å². The molecule has 0 bridgehead atoms. The van der Waals surface area contributed by atoms with Crippen LogP contribution < -0.4 is 5.32 Å². The fourth-order valence-corrected chi connectivity index (χ4v) is 7.03. The summed E-state index contributed by atoms with van der Waals surface area (Å²) in [5.74, 6) is -0.0624. The number of amides is 2. The number of nitrogens with zero attached hydrogens (tertiary/aromatic N) is 3. The molecule has 0 saturated carbocycles. The summed E-state index contributed by atoms with van der Waals surface area (Å²) >= 11 is 1.43. The van der Waals surface area contributed by atoms with Gasteiger partial charge in [-0.2, -0.15) is 4.31 Å². The lowest BCUT2D eigenvalue weighted by atomic mass is 9.96. The fraction of sp³-hybridized carbons (Fsp3) is 0.636. The van der Waals surface area contributed by atoms with Gasteiger partial charge in [0.1, 0.15) is 0 Å². The third-order valence-corrected chi connectivity index (χ3v) is 9.62. The Balaban J connectivity index is 1.36. The van der Waals surface area contributed by atoms with Crippen LogP contribution in [-0.2, 0) is 19.6 Å². The number of benzene rings is 1. The molecule has 1 aromatic rings. The van der Waals surface area contributed by atoms with Crippen LogP contribution >= 0.6 is 11.8 Å². The van der Waals surface area contributed by atoms with Crippen molar-refractivity contribution in [1.82, 2.24) is 14.1 Å². The van der Waals surface area contributed by atoms with Crippen molar-refractivity contribution in [3.8, 4) is 0 Å². The molecule has 0 spiro atoms. The van der Waals surface area contributed by atoms with Crippen LogP contribution in [0.25, 0.3) is 0 Å². The smallest absolute Gasteiger partial charge is 0.243 e. The SMILES string of the molecule is CCCN1CCN(C(=O)C2CCN(S(=O)(=O)c3ccc4c(c3)NC(=O)[C@H](C)S4)CC2)CC1. The number of fused-ring (bicyclic) bond motifs is 1. The van der Waals surface area contributed by atoms with E-state index < -0.39 is 10.0 Å². The summed E-state index contributed by atoms with van der Waals surface area (Å²) < 4.78 is 27.9. The molecule has 176 valence electrons. The maximum atomic E-state index is 13.2. The normalized spacial score (nSPS) is 23.6. The Bertz CT molecular complexity index is 968. The molecule has 2 fully saturated rings. The number of piperidine rings is 1. The molecule has 4 rings (SSSR count). The summed E-state index contributed by atoms with van der Waals surface area (Å²) in [6.45, 7) is 9.08. The predicted octanol–water partition coefficient (Wildman–Crippen LogP) is 2.07. The highest BCUT2D eigenvalue weighted by molar-refractivity contribution is 8.01. The van der Waals surface area contributed by atoms with Gasteiger partial charge in [0.05, 0.1) is 15.8 Å². The molecule has 2 amide bonds. The number of piperazine rings is 1. The van der Waals surface area contributed by atoms with E-state index in [9.17, 15) is 18.0 Å². The molecule has 0 radical (unpaired) electrons. The van der Waals surface area contributed by atoms with E-state index in [2.05, 4.69) is 17.1 Å². The molecule has 0 aliphatic carbocycles. The van der Waals surface area contributed by atoms with E-state index in [1.807, 2.05) is 11.8 Å². The molecular weight excluding hydrogens is 448 g/mol. The van der Waals surface area contributed by atoms with Crippen LogP contribution in [0.5, 0.6) is 0 Å². The molecule has 0 unspecified atom stereocenters. The van der Waals surface area contributed by atoms with Gasteiger partial charge in [0.15, 0.2) is 0 Å². The van der Waals surface area contributed by atoms with Gasteiger partial charge in [0, 0.05) is 50.1 Å². The number of nitrogens with one attached hydrogen (secondary N) is 1. The lowest BCUT2D eigenvalue weighted by Crippen LogP contribution is -2.52. The molecule has 2 saturated heterocycles. The van der Waals surface area contributed by atoms with Crippen molar-refractivity contribution >= 4 is 39.3 Å². The zero-order valence-corrected chi connectivity index (χ0v) is 20.4. The monoisotopic (exact) mass is 480 g/mol. The van der Waals surface area contributed by atoms with Crippen LogP contribution in [0.1, 0.15) is 33.1 Å². The first-order valence-corrected chi connectivity index (χ1v) is 13.7. The quantitative estimate of drug-likeness (QED) is 0.694. The van der Waals surface area contributed by atoms with E-state index in [1.54, 1.807) is 18.2 Å². The topological polar surface area (TPSA) is 90.0 Å². The minimum atomic E-state index is -3.67. The highest BCUT2D eigenvalue weighted by Crippen LogP contribution is 2.37. The van der Waals surface area contributed by atoms with E-state index in [0.29, 0.717) is 31.6 Å². The molecule has 1 N–H and O–H groups in total. The predicted molar refractivity (Wildman–Crippen MR) is 125 cm³/mol. The number of carbonyl (C=O) groups excluding carboxylic acids is 2. The Hall–Kier alpha value is -1.62. The summed E-state index contributed by atoms with van der Waals surface area (Å²) in [7, 11) is -3.67. The van der Waals surface area contributed by atoms with E-state index in [-0.39, 0.29) is 27.9 Å². The summed E-state index contributed by atoms with van der Waals surface area (Å²) in [4.78, 5) is 30.3. The van der Waals surface area contributed by atoms with Crippen molar-refractivity contribution in [2.24, 2.45) is 5.92 Å². The van der Waals surface area contributed by atoms with E-state index in [1.165, 1.54) is 16.1 Å². The number of hydrogen-bond donors (Lipinski definition) is 1. The Kier molecular flexibility index (Phi) is 7.14. The summed E-state index contributed by atoms with van der Waals surface area (Å²) in [6.07, 6.45) is 2.21. The van der Waals surface area contributed by atoms with Gasteiger partial charge in [-0.25, -0.2) is 8.42 Å². The van der Waals surface area contributed by atoms with E-state index >= 15 is 0 Å². The maximum absolute atomic E-state index is 13.2. The first kappa shape index (κ1) is 23.5. The Morgan fingerprint density at radius 3 is 2.47 bits per heavy atom. The molecule has 8 nitrogen and oxygen atoms in total. The van der Waals surface area contributed by atoms with Crippen LogP contribution in [0.2, 0.25) is 0 Å². The van der Waals surface area contributed by atoms with Gasteiger partial charge in [0.2, 0.25) is 21.8 Å². The third kappa shape index (κ3) is 4.83. The van der Waals surface area contributed by atoms with Crippen molar-refractivity contribution in [1.29, 1.82) is 0 Å². The molecule has 1 atom stereocenters. The van der Waals surface area contributed by atoms with Crippen LogP contribution in [0.3, 0.4) is 0 Å². The lowest BCUT2D eigenvalue weighted by molar-refractivity contribution is -0.138. The summed E-state index contributed by atoms with van der Waals surface area (Å²) in [5.41, 5.74) is 0.548. The van der Waals surface area contributed by atoms with Gasteiger partial charge in [0.25, 0.3) is 0 Å². The molecule has 3 aliphatic rings. The molecule has 32 heavy (non-hydrogen) atoms. The van der Waals surface area contributed by atoms with Gasteiger partial charge in [-0.05, 0) is 50.9 Å². The van der Waals surface area contributed by atoms with E-state index in [0.717, 1.165) is 44.0 Å². The number of rotatable bonds is 5. The number of anilines is 1. The van der Waals surface area contributed by atoms with Gasteiger partial charge in [-0.1, -0.05) is 6.92 Å². The first-order chi connectivity index (χ1) is 15.3. The van der Waals surface area contributed by atoms with Gasteiger partial charge in [-0.15, -0.1) is 11.8 Å². The average molecular weight is 481 g/mol. The average Bonchev–Trinajstić information content (AvgIpc) is 2.80. The highest BCUT2D eigenvalue weighted by atomic mass is 32.2. The number of sulfonamides is 1. The Labute approximate surface area is 194 Å². The van der Waals surface area contributed by atoms with Gasteiger partial charge >= 0.3 is 0 Å². The Morgan fingerprint density at radius 2 is 1.81 bits per heavy atom. The Morgan fingerprint density at radius 1 is 1.12 bits per heavy atom. The third-order valence-electron chi connectivity index (χ3n) is 6.55. The van der Waals surface area contributed by atoms with Crippen molar-refractivity contribution in [2.75, 3.05) is 51.1 Å². The molecule has 3 aliphatic heterocycles. The van der Waals surface area contributed by atoms with Crippen molar-refractivity contribution < 1.29 is 18.0 Å². The van der Waals surface area contributed by atoms with Gasteiger partial charge in [-0.3, -0.25) is 14.5 Å². The number of hydrogen-bond acceptors (Lipinski definition) is 6. The molecule has 0 aromatic heterocycles. The van der Waals surface area contributed by atoms with Crippen molar-refractivity contribution in [3.63, 3.8) is 0 Å². The minimum Gasteiger partial charge on any atom is -0.340 e. The van der Waals surface area contributed by atoms with Crippen LogP contribution in [0.15, 0.2) is 28.0 Å². The second-order valence-electron chi connectivity index (χ2n) is 8.75. The van der Waals surface area contributed by atoms with Crippen LogP contribution in [-0.4, -0.2) is 85.4 Å². The second kappa shape index (κ2) is 9.70. The largest absolute Gasteiger partial charge is 0.340 e. The highest BCUT2D eigenvalue weighted by Gasteiger charge is 2.35. The molecule has 10 heteroatoms. The number of thioether (sulfide) groups is 1. The molecule has 1 aromatic carbocycles. The molecular formula is C22H32N4O4S2. The summed E-state index contributed by atoms with van der Waals surface area (Å²) in [6, 6.07) is 4.92. The van der Waals surface area contributed by atoms with Crippen molar-refractivity contribution in [2.45, 2.75) is 48.2 Å². The zero-order chi connectivity index (χ0) is 22.9. The van der Waals surface area contributed by atoms with Gasteiger partial charge < -0.3 is 10.2 Å². The maximum Gasteiger partial charge on any atom is 0.243 e. The second-order valence-corrected chi connectivity index (χ2v) is 12.1. The standard InChI is InChI=1S/C22H32N4O4S2/c1-3-8-24-11-13-25(14-12-24)22(28)17-6-9-26(10-7-17)32(29,30)18-4-5-20-19(15-18)23-21(27)16(2)31-20/h4-5,15-17H,3,6-14H2,1-2H3,(H,23,27)/t16-/m0/s1. The lowest BCUT2D eigenvalue weighted by Gasteiger charge is -2.38. The zero-order valence-electron chi connectivity index (χ0n) is 18.7. The summed E-state index contributed by atoms with van der Waals surface area (Å²) in [5, 5.41) is 2.60. The first-order valence-electron chi connectivity index (χ1n) is 11.4. The minimum absolute atomic E-state index is 0.111. The molecule has 3 heterocycles. The van der Waals surface area contributed by atoms with Crippen molar-refractivity contribution in [3.05, 3.63) is 18.2 Å². The van der Waals surface area contributed by atoms with E-state index in [4.69, 9.17) is 0 Å².